The van der Waals surface area contributed by atoms with Crippen molar-refractivity contribution in [2.45, 2.75) is 36.5 Å². The zero-order valence-corrected chi connectivity index (χ0v) is 20.0. The molecule has 3 unspecified atom stereocenters. The second-order valence-electron chi connectivity index (χ2n) is 8.66. The van der Waals surface area contributed by atoms with Gasteiger partial charge in [-0.3, -0.25) is 9.59 Å². The first-order chi connectivity index (χ1) is 16.8. The smallest absolute Gasteiger partial charge is 0.254 e. The number of carbonyl (C=O) groups is 2. The van der Waals surface area contributed by atoms with E-state index < -0.39 is 28.0 Å². The van der Waals surface area contributed by atoms with Gasteiger partial charge in [0, 0.05) is 19.6 Å². The van der Waals surface area contributed by atoms with Gasteiger partial charge < -0.3 is 15.4 Å². The predicted octanol–water partition coefficient (Wildman–Crippen LogP) is 2.23. The number of hydrogen-bond donors (Lipinski definition) is 2. The molecule has 0 spiro atoms. The van der Waals surface area contributed by atoms with E-state index in [1.54, 1.807) is 0 Å². The quantitative estimate of drug-likeness (QED) is 0.540. The average Bonchev–Trinajstić information content (AvgIpc) is 3.25. The molecule has 2 aromatic rings. The Morgan fingerprint density at radius 2 is 1.97 bits per heavy atom. The van der Waals surface area contributed by atoms with Crippen molar-refractivity contribution < 1.29 is 27.1 Å². The second kappa shape index (κ2) is 10.7. The molecule has 3 atom stereocenters. The molecule has 2 amide bonds. The van der Waals surface area contributed by atoms with Crippen molar-refractivity contribution in [3.05, 3.63) is 78.1 Å². The normalized spacial score (nSPS) is 22.3. The van der Waals surface area contributed by atoms with E-state index in [-0.39, 0.29) is 41.5 Å². The second-order valence-corrected chi connectivity index (χ2v) is 10.6. The molecule has 2 saturated heterocycles. The molecule has 0 radical (unpaired) electrons. The summed E-state index contributed by atoms with van der Waals surface area (Å²) in [4.78, 5) is 23.7. The number of benzene rings is 2. The Morgan fingerprint density at radius 3 is 2.69 bits per heavy atom. The standard InChI is InChI=1S/C25H28FN3O5S/c1-2-23(30)28-24-14-18-11-13-29(16-22(18)34-24)35(32,33)19-8-9-20(21(26)15-19)25(31)27-12-10-17-6-4-3-5-7-17/h2-9,15,18,22,24H,1,10-14,16H2,(H,27,31)(H,28,30). The zero-order valence-electron chi connectivity index (χ0n) is 19.2. The number of nitrogens with one attached hydrogen (secondary N) is 2. The molecule has 0 bridgehead atoms. The Kier molecular flexibility index (Phi) is 7.63. The van der Waals surface area contributed by atoms with Crippen LogP contribution >= 0.6 is 0 Å². The van der Waals surface area contributed by atoms with Crippen LogP contribution in [0, 0.1) is 11.7 Å². The van der Waals surface area contributed by atoms with Crippen LogP contribution < -0.4 is 10.6 Å². The van der Waals surface area contributed by atoms with Gasteiger partial charge in [0.25, 0.3) is 5.91 Å². The Balaban J connectivity index is 1.38. The summed E-state index contributed by atoms with van der Waals surface area (Å²) in [5.74, 6) is -1.73. The van der Waals surface area contributed by atoms with Gasteiger partial charge in [0.1, 0.15) is 12.0 Å². The average molecular weight is 502 g/mol. The first-order valence-corrected chi connectivity index (χ1v) is 12.9. The third-order valence-electron chi connectivity index (χ3n) is 6.37. The molecule has 2 N–H and O–H groups in total. The number of halogens is 1. The molecular formula is C25H28FN3O5S. The number of amides is 2. The summed E-state index contributed by atoms with van der Waals surface area (Å²) in [6.07, 6.45) is 2.06. The lowest BCUT2D eigenvalue weighted by atomic mass is 9.94. The first-order valence-electron chi connectivity index (χ1n) is 11.5. The summed E-state index contributed by atoms with van der Waals surface area (Å²) >= 11 is 0. The van der Waals surface area contributed by atoms with Gasteiger partial charge in [-0.2, -0.15) is 4.31 Å². The number of piperidine rings is 1. The lowest BCUT2D eigenvalue weighted by molar-refractivity contribution is -0.120. The first kappa shape index (κ1) is 25.0. The minimum Gasteiger partial charge on any atom is -0.354 e. The van der Waals surface area contributed by atoms with E-state index in [0.717, 1.165) is 17.7 Å². The van der Waals surface area contributed by atoms with Gasteiger partial charge in [-0.15, -0.1) is 0 Å². The molecule has 4 rings (SSSR count). The van der Waals surface area contributed by atoms with E-state index in [9.17, 15) is 22.4 Å². The number of rotatable bonds is 8. The molecule has 8 nitrogen and oxygen atoms in total. The van der Waals surface area contributed by atoms with Crippen molar-refractivity contribution in [1.82, 2.24) is 14.9 Å². The number of fused-ring (bicyclic) bond motifs is 1. The van der Waals surface area contributed by atoms with Crippen LogP contribution in [0.4, 0.5) is 4.39 Å². The Bertz CT molecular complexity index is 1200. The number of carbonyl (C=O) groups excluding carboxylic acids is 2. The van der Waals surface area contributed by atoms with Crippen molar-refractivity contribution >= 4 is 21.8 Å². The zero-order chi connectivity index (χ0) is 25.0. The van der Waals surface area contributed by atoms with Crippen molar-refractivity contribution in [3.63, 3.8) is 0 Å². The lowest BCUT2D eigenvalue weighted by Gasteiger charge is -2.33. The molecule has 2 aromatic carbocycles. The van der Waals surface area contributed by atoms with Crippen molar-refractivity contribution in [2.24, 2.45) is 5.92 Å². The fourth-order valence-corrected chi connectivity index (χ4v) is 5.96. The van der Waals surface area contributed by atoms with Crippen LogP contribution in [-0.2, 0) is 26.0 Å². The van der Waals surface area contributed by atoms with Crippen molar-refractivity contribution in [2.75, 3.05) is 19.6 Å². The fraction of sp³-hybridized carbons (Fsp3) is 0.360. The molecule has 2 aliphatic rings. The maximum absolute atomic E-state index is 14.8. The highest BCUT2D eigenvalue weighted by molar-refractivity contribution is 7.89. The summed E-state index contributed by atoms with van der Waals surface area (Å²) in [5, 5.41) is 5.35. The maximum Gasteiger partial charge on any atom is 0.254 e. The van der Waals surface area contributed by atoms with Crippen LogP contribution in [0.1, 0.15) is 28.8 Å². The maximum atomic E-state index is 14.8. The molecule has 186 valence electrons. The molecule has 0 aromatic heterocycles. The van der Waals surface area contributed by atoms with Crippen LogP contribution in [-0.4, -0.2) is 56.5 Å². The van der Waals surface area contributed by atoms with Crippen LogP contribution in [0.15, 0.2) is 66.1 Å². The Hall–Kier alpha value is -3.08. The molecule has 0 aliphatic carbocycles. The van der Waals surface area contributed by atoms with E-state index in [2.05, 4.69) is 17.2 Å². The highest BCUT2D eigenvalue weighted by Gasteiger charge is 2.42. The van der Waals surface area contributed by atoms with Gasteiger partial charge in [-0.05, 0) is 55.0 Å². The van der Waals surface area contributed by atoms with Crippen molar-refractivity contribution in [3.8, 4) is 0 Å². The molecular weight excluding hydrogens is 473 g/mol. The predicted molar refractivity (Wildman–Crippen MR) is 127 cm³/mol. The van der Waals surface area contributed by atoms with Crippen LogP contribution in [0.25, 0.3) is 0 Å². The van der Waals surface area contributed by atoms with Crippen LogP contribution in [0.3, 0.4) is 0 Å². The van der Waals surface area contributed by atoms with E-state index >= 15 is 0 Å². The number of hydrogen-bond acceptors (Lipinski definition) is 5. The Morgan fingerprint density at radius 1 is 1.20 bits per heavy atom. The third-order valence-corrected chi connectivity index (χ3v) is 8.23. The molecule has 2 heterocycles. The minimum absolute atomic E-state index is 0.108. The highest BCUT2D eigenvalue weighted by Crippen LogP contribution is 2.34. The number of nitrogens with zero attached hydrogens (tertiary/aromatic N) is 1. The van der Waals surface area contributed by atoms with Gasteiger partial charge in [-0.25, -0.2) is 12.8 Å². The van der Waals surface area contributed by atoms with Crippen LogP contribution in [0.2, 0.25) is 0 Å². The van der Waals surface area contributed by atoms with Crippen LogP contribution in [0.5, 0.6) is 0 Å². The van der Waals surface area contributed by atoms with E-state index in [1.165, 1.54) is 16.4 Å². The van der Waals surface area contributed by atoms with Gasteiger partial charge in [0.15, 0.2) is 0 Å². The Labute approximate surface area is 204 Å². The molecule has 2 fully saturated rings. The summed E-state index contributed by atoms with van der Waals surface area (Å²) in [7, 11) is -3.99. The summed E-state index contributed by atoms with van der Waals surface area (Å²) in [6.45, 7) is 4.11. The lowest BCUT2D eigenvalue weighted by Crippen LogP contribution is -2.45. The van der Waals surface area contributed by atoms with Gasteiger partial charge >= 0.3 is 0 Å². The summed E-state index contributed by atoms with van der Waals surface area (Å²) in [6, 6.07) is 12.9. The fourth-order valence-electron chi connectivity index (χ4n) is 4.48. The summed E-state index contributed by atoms with van der Waals surface area (Å²) in [5.41, 5.74) is 0.829. The van der Waals surface area contributed by atoms with Gasteiger partial charge in [0.2, 0.25) is 15.9 Å². The number of ether oxygens (including phenoxy) is 1. The largest absolute Gasteiger partial charge is 0.354 e. The number of sulfonamides is 1. The van der Waals surface area contributed by atoms with E-state index in [4.69, 9.17) is 4.74 Å². The molecule has 2 aliphatic heterocycles. The topological polar surface area (TPSA) is 105 Å². The molecule has 0 saturated carbocycles. The van der Waals surface area contributed by atoms with Gasteiger partial charge in [-0.1, -0.05) is 36.9 Å². The van der Waals surface area contributed by atoms with Gasteiger partial charge in [0.05, 0.1) is 16.6 Å². The van der Waals surface area contributed by atoms with Crippen molar-refractivity contribution in [1.29, 1.82) is 0 Å². The monoisotopic (exact) mass is 501 g/mol. The molecule has 10 heteroatoms. The van der Waals surface area contributed by atoms with E-state index in [1.807, 2.05) is 30.3 Å². The van der Waals surface area contributed by atoms with E-state index in [0.29, 0.717) is 25.8 Å². The third kappa shape index (κ3) is 5.77. The highest BCUT2D eigenvalue weighted by atomic mass is 32.2. The molecule has 35 heavy (non-hydrogen) atoms. The summed E-state index contributed by atoms with van der Waals surface area (Å²) < 4.78 is 48.2. The SMILES string of the molecule is C=CC(=O)NC1CC2CCN(S(=O)(=O)c3ccc(C(=O)NCCc4ccccc4)c(F)c3)CC2O1. The minimum atomic E-state index is -3.99.